The summed E-state index contributed by atoms with van der Waals surface area (Å²) in [5, 5.41) is 1.50. The Morgan fingerprint density at radius 3 is 2.82 bits per heavy atom. The van der Waals surface area contributed by atoms with Crippen LogP contribution in [0.2, 0.25) is 0 Å². The van der Waals surface area contributed by atoms with Crippen LogP contribution in [0.25, 0.3) is 22.2 Å². The number of nitrogens with two attached hydrogens (primary N) is 1. The fraction of sp³-hybridized carbons (Fsp3) is 0.188. The van der Waals surface area contributed by atoms with E-state index < -0.39 is 0 Å². The van der Waals surface area contributed by atoms with E-state index in [0.717, 1.165) is 10.9 Å². The number of aryl methyl sites for hydroxylation is 1. The first-order chi connectivity index (χ1) is 10.6. The van der Waals surface area contributed by atoms with E-state index in [9.17, 15) is 4.79 Å². The van der Waals surface area contributed by atoms with Crippen LogP contribution < -0.4 is 11.3 Å². The van der Waals surface area contributed by atoms with Crippen molar-refractivity contribution in [3.8, 4) is 11.1 Å². The Labute approximate surface area is 132 Å². The number of thioether (sulfide) groups is 1. The number of benzene rings is 1. The third-order valence-electron chi connectivity index (χ3n) is 3.50. The Morgan fingerprint density at radius 2 is 2.14 bits per heavy atom. The van der Waals surface area contributed by atoms with Crippen LogP contribution in [0.1, 0.15) is 6.92 Å². The highest BCUT2D eigenvalue weighted by molar-refractivity contribution is 7.98. The molecule has 5 nitrogen and oxygen atoms in total. The number of nitrogens with zero attached hydrogens (tertiary/aromatic N) is 3. The van der Waals surface area contributed by atoms with Gasteiger partial charge in [-0.25, -0.2) is 9.97 Å². The van der Waals surface area contributed by atoms with Crippen molar-refractivity contribution in [2.24, 2.45) is 0 Å². The molecule has 0 saturated carbocycles. The van der Waals surface area contributed by atoms with E-state index in [2.05, 4.69) is 9.97 Å². The Morgan fingerprint density at radius 1 is 1.32 bits per heavy atom. The standard InChI is InChI=1S/C16H16N4OS/c1-3-20-14-11(9-18-16(19-14)22-2)8-13(15(20)21)10-5-4-6-12(17)7-10/h4-9H,3,17H2,1-2H3. The van der Waals surface area contributed by atoms with Gasteiger partial charge in [-0.15, -0.1) is 0 Å². The van der Waals surface area contributed by atoms with E-state index >= 15 is 0 Å². The molecular formula is C16H16N4OS. The van der Waals surface area contributed by atoms with Crippen molar-refractivity contribution >= 4 is 28.5 Å². The molecule has 0 amide bonds. The predicted molar refractivity (Wildman–Crippen MR) is 91.1 cm³/mol. The monoisotopic (exact) mass is 312 g/mol. The molecule has 0 radical (unpaired) electrons. The number of pyridine rings is 1. The highest BCUT2D eigenvalue weighted by Crippen LogP contribution is 2.22. The van der Waals surface area contributed by atoms with Gasteiger partial charge in [-0.3, -0.25) is 9.36 Å². The third kappa shape index (κ3) is 2.46. The summed E-state index contributed by atoms with van der Waals surface area (Å²) in [5.74, 6) is 0. The maximum atomic E-state index is 12.8. The number of hydrogen-bond donors (Lipinski definition) is 1. The van der Waals surface area contributed by atoms with Gasteiger partial charge in [0, 0.05) is 29.4 Å². The lowest BCUT2D eigenvalue weighted by Gasteiger charge is -2.11. The summed E-state index contributed by atoms with van der Waals surface area (Å²) in [5.41, 5.74) is 8.49. The van der Waals surface area contributed by atoms with Gasteiger partial charge in [0.25, 0.3) is 5.56 Å². The predicted octanol–water partition coefficient (Wildman–Crippen LogP) is 2.78. The van der Waals surface area contributed by atoms with Crippen molar-refractivity contribution in [2.75, 3.05) is 12.0 Å². The lowest BCUT2D eigenvalue weighted by molar-refractivity contribution is 0.743. The molecule has 112 valence electrons. The smallest absolute Gasteiger partial charge is 0.260 e. The van der Waals surface area contributed by atoms with Crippen molar-refractivity contribution in [3.63, 3.8) is 0 Å². The van der Waals surface area contributed by atoms with E-state index in [1.54, 1.807) is 22.9 Å². The fourth-order valence-corrected chi connectivity index (χ4v) is 2.78. The Kier molecular flexibility index (Phi) is 3.85. The minimum absolute atomic E-state index is 0.0636. The Hall–Kier alpha value is -2.34. The van der Waals surface area contributed by atoms with Crippen LogP contribution in [0.5, 0.6) is 0 Å². The number of hydrogen-bond acceptors (Lipinski definition) is 5. The largest absolute Gasteiger partial charge is 0.399 e. The molecule has 0 fully saturated rings. The molecule has 3 rings (SSSR count). The first-order valence-corrected chi connectivity index (χ1v) is 8.17. The zero-order valence-electron chi connectivity index (χ0n) is 12.4. The average Bonchev–Trinajstić information content (AvgIpc) is 2.53. The van der Waals surface area contributed by atoms with Crippen molar-refractivity contribution in [1.29, 1.82) is 0 Å². The minimum Gasteiger partial charge on any atom is -0.399 e. The van der Waals surface area contributed by atoms with E-state index in [0.29, 0.717) is 28.6 Å². The SMILES string of the molecule is CCn1c(=O)c(-c2cccc(N)c2)cc2cnc(SC)nc21. The second-order valence-electron chi connectivity index (χ2n) is 4.87. The van der Waals surface area contributed by atoms with Crippen LogP contribution in [0.4, 0.5) is 5.69 Å². The van der Waals surface area contributed by atoms with E-state index in [1.165, 1.54) is 11.8 Å². The number of anilines is 1. The minimum atomic E-state index is -0.0636. The molecular weight excluding hydrogens is 296 g/mol. The molecule has 0 saturated heterocycles. The van der Waals surface area contributed by atoms with Crippen LogP contribution in [0.3, 0.4) is 0 Å². The second-order valence-corrected chi connectivity index (χ2v) is 5.64. The van der Waals surface area contributed by atoms with Crippen molar-refractivity contribution in [1.82, 2.24) is 14.5 Å². The molecule has 2 aromatic heterocycles. The summed E-state index contributed by atoms with van der Waals surface area (Å²) in [6, 6.07) is 9.17. The van der Waals surface area contributed by atoms with Crippen LogP contribution >= 0.6 is 11.8 Å². The molecule has 6 heteroatoms. The van der Waals surface area contributed by atoms with E-state index in [-0.39, 0.29) is 5.56 Å². The van der Waals surface area contributed by atoms with Crippen LogP contribution in [0.15, 0.2) is 46.5 Å². The van der Waals surface area contributed by atoms with E-state index in [1.807, 2.05) is 31.4 Å². The van der Waals surface area contributed by atoms with Gasteiger partial charge in [0.2, 0.25) is 0 Å². The van der Waals surface area contributed by atoms with Gasteiger partial charge in [0.15, 0.2) is 5.16 Å². The molecule has 1 aromatic carbocycles. The summed E-state index contributed by atoms with van der Waals surface area (Å²) >= 11 is 1.46. The van der Waals surface area contributed by atoms with Gasteiger partial charge < -0.3 is 5.73 Å². The number of nitrogen functional groups attached to an aromatic ring is 1. The first kappa shape index (κ1) is 14.6. The average molecular weight is 312 g/mol. The van der Waals surface area contributed by atoms with Gasteiger partial charge in [-0.1, -0.05) is 23.9 Å². The van der Waals surface area contributed by atoms with Crippen LogP contribution in [0, 0.1) is 0 Å². The lowest BCUT2D eigenvalue weighted by atomic mass is 10.1. The maximum Gasteiger partial charge on any atom is 0.260 e. The topological polar surface area (TPSA) is 73.8 Å². The van der Waals surface area contributed by atoms with Crippen molar-refractivity contribution in [2.45, 2.75) is 18.6 Å². The number of rotatable bonds is 3. The normalized spacial score (nSPS) is 11.0. The fourth-order valence-electron chi connectivity index (χ4n) is 2.45. The van der Waals surface area contributed by atoms with Gasteiger partial charge in [-0.2, -0.15) is 0 Å². The summed E-state index contributed by atoms with van der Waals surface area (Å²) in [6.45, 7) is 2.49. The molecule has 0 aliphatic carbocycles. The molecule has 2 heterocycles. The highest BCUT2D eigenvalue weighted by Gasteiger charge is 2.12. The van der Waals surface area contributed by atoms with E-state index in [4.69, 9.17) is 5.73 Å². The van der Waals surface area contributed by atoms with Crippen molar-refractivity contribution < 1.29 is 0 Å². The Bertz CT molecular complexity index is 904. The number of fused-ring (bicyclic) bond motifs is 1. The third-order valence-corrected chi connectivity index (χ3v) is 4.06. The molecule has 0 aliphatic heterocycles. The molecule has 2 N–H and O–H groups in total. The molecule has 0 aliphatic rings. The molecule has 0 atom stereocenters. The number of aromatic nitrogens is 3. The van der Waals surface area contributed by atoms with Crippen LogP contribution in [-0.4, -0.2) is 20.8 Å². The van der Waals surface area contributed by atoms with Gasteiger partial charge in [0.05, 0.1) is 0 Å². The molecule has 0 bridgehead atoms. The molecule has 3 aromatic rings. The van der Waals surface area contributed by atoms with Crippen LogP contribution in [-0.2, 0) is 6.54 Å². The van der Waals surface area contributed by atoms with Gasteiger partial charge in [0.1, 0.15) is 5.65 Å². The van der Waals surface area contributed by atoms with Crippen molar-refractivity contribution in [3.05, 3.63) is 46.9 Å². The van der Waals surface area contributed by atoms with Gasteiger partial charge >= 0.3 is 0 Å². The quantitative estimate of drug-likeness (QED) is 0.457. The molecule has 0 spiro atoms. The summed E-state index contributed by atoms with van der Waals surface area (Å²) in [7, 11) is 0. The zero-order chi connectivity index (χ0) is 15.7. The first-order valence-electron chi connectivity index (χ1n) is 6.94. The molecule has 22 heavy (non-hydrogen) atoms. The summed E-state index contributed by atoms with van der Waals surface area (Å²) in [4.78, 5) is 21.5. The highest BCUT2D eigenvalue weighted by atomic mass is 32.2. The lowest BCUT2D eigenvalue weighted by Crippen LogP contribution is -2.22. The maximum absolute atomic E-state index is 12.8. The Balaban J connectivity index is 2.34. The summed E-state index contributed by atoms with van der Waals surface area (Å²) < 4.78 is 1.68. The zero-order valence-corrected chi connectivity index (χ0v) is 13.2. The van der Waals surface area contributed by atoms with Gasteiger partial charge in [-0.05, 0) is 36.9 Å². The summed E-state index contributed by atoms with van der Waals surface area (Å²) in [6.07, 6.45) is 3.67. The second kappa shape index (κ2) is 5.81. The molecule has 0 unspecified atom stereocenters.